The van der Waals surface area contributed by atoms with Crippen molar-refractivity contribution in [3.05, 3.63) is 78.0 Å². The first-order valence-corrected chi connectivity index (χ1v) is 11.9. The molecule has 1 fully saturated rings. The Morgan fingerprint density at radius 3 is 2.53 bits per heavy atom. The van der Waals surface area contributed by atoms with Gasteiger partial charge in [0.15, 0.2) is 0 Å². The Balaban J connectivity index is 1.41. The molecule has 184 valence electrons. The van der Waals surface area contributed by atoms with E-state index in [4.69, 9.17) is 11.0 Å². The molecule has 0 bridgehead atoms. The van der Waals surface area contributed by atoms with Gasteiger partial charge in [-0.3, -0.25) is 9.59 Å². The molecule has 0 radical (unpaired) electrons. The number of nitrogens with zero attached hydrogens (tertiary/aromatic N) is 4. The quantitative estimate of drug-likeness (QED) is 0.447. The van der Waals surface area contributed by atoms with Gasteiger partial charge in [-0.2, -0.15) is 5.26 Å². The molecular formula is C27H29N7O2. The van der Waals surface area contributed by atoms with Crippen molar-refractivity contribution in [1.82, 2.24) is 9.88 Å². The molecule has 9 heteroatoms. The van der Waals surface area contributed by atoms with E-state index < -0.39 is 5.91 Å². The van der Waals surface area contributed by atoms with Crippen LogP contribution in [0.4, 0.5) is 22.9 Å². The van der Waals surface area contributed by atoms with Crippen LogP contribution in [0.1, 0.15) is 28.8 Å². The molecule has 0 spiro atoms. The molecule has 0 atom stereocenters. The van der Waals surface area contributed by atoms with Gasteiger partial charge in [0.25, 0.3) is 5.91 Å². The Morgan fingerprint density at radius 2 is 1.81 bits per heavy atom. The van der Waals surface area contributed by atoms with E-state index in [2.05, 4.69) is 20.5 Å². The number of amides is 2. The minimum absolute atomic E-state index is 0.0711. The number of nitrogens with one attached hydrogen (secondary N) is 2. The summed E-state index contributed by atoms with van der Waals surface area (Å²) >= 11 is 0. The number of hydrogen-bond acceptors (Lipinski definition) is 7. The van der Waals surface area contributed by atoms with E-state index >= 15 is 0 Å². The van der Waals surface area contributed by atoms with Crippen LogP contribution in [0.2, 0.25) is 0 Å². The van der Waals surface area contributed by atoms with Crippen LogP contribution in [0.5, 0.6) is 0 Å². The highest BCUT2D eigenvalue weighted by molar-refractivity contribution is 5.98. The predicted octanol–water partition coefficient (Wildman–Crippen LogP) is 3.49. The van der Waals surface area contributed by atoms with Crippen molar-refractivity contribution < 1.29 is 9.59 Å². The van der Waals surface area contributed by atoms with E-state index in [0.29, 0.717) is 36.7 Å². The van der Waals surface area contributed by atoms with Crippen LogP contribution in [0.3, 0.4) is 0 Å². The summed E-state index contributed by atoms with van der Waals surface area (Å²) in [7, 11) is 0. The Bertz CT molecular complexity index is 1240. The molecule has 3 aromatic rings. The standard InChI is InChI=1S/C27H29N7O2/c28-12-11-26(35)34-14-4-13-33(15-16-34)22-9-7-21(8-10-22)32-25-17-24(23(19-31-25)27(29)36)30-18-20-5-2-1-3-6-20/h1-3,5-10,17,19H,4,11,13-16,18H2,(H2,29,36)(H2,30,31,32). The van der Waals surface area contributed by atoms with Crippen molar-refractivity contribution in [2.45, 2.75) is 19.4 Å². The molecule has 4 N–H and O–H groups in total. The zero-order valence-electron chi connectivity index (χ0n) is 20.0. The molecule has 2 amide bonds. The third-order valence-corrected chi connectivity index (χ3v) is 6.08. The molecular weight excluding hydrogens is 454 g/mol. The van der Waals surface area contributed by atoms with E-state index in [1.54, 1.807) is 11.0 Å². The molecule has 1 aliphatic rings. The summed E-state index contributed by atoms with van der Waals surface area (Å²) in [6.45, 7) is 3.39. The second-order valence-electron chi connectivity index (χ2n) is 8.55. The van der Waals surface area contributed by atoms with Crippen molar-refractivity contribution in [2.24, 2.45) is 5.73 Å². The zero-order chi connectivity index (χ0) is 25.3. The average molecular weight is 484 g/mol. The molecule has 1 aromatic heterocycles. The van der Waals surface area contributed by atoms with Gasteiger partial charge in [-0.15, -0.1) is 0 Å². The van der Waals surface area contributed by atoms with Gasteiger partial charge >= 0.3 is 0 Å². The molecule has 9 nitrogen and oxygen atoms in total. The number of nitrogens with two attached hydrogens (primary N) is 1. The molecule has 0 unspecified atom stereocenters. The summed E-state index contributed by atoms with van der Waals surface area (Å²) in [4.78, 5) is 32.3. The largest absolute Gasteiger partial charge is 0.380 e. The fourth-order valence-corrected chi connectivity index (χ4v) is 4.17. The Labute approximate surface area is 210 Å². The SMILES string of the molecule is N#CCC(=O)N1CCCN(c2ccc(Nc3cc(NCc4ccccc4)c(C(N)=O)cn3)cc2)CC1. The maximum absolute atomic E-state index is 12.0. The Kier molecular flexibility index (Phi) is 7.98. The predicted molar refractivity (Wildman–Crippen MR) is 140 cm³/mol. The lowest BCUT2D eigenvalue weighted by Gasteiger charge is -2.23. The lowest BCUT2D eigenvalue weighted by atomic mass is 10.2. The first-order chi connectivity index (χ1) is 17.5. The minimum Gasteiger partial charge on any atom is -0.380 e. The van der Waals surface area contributed by atoms with E-state index in [-0.39, 0.29) is 12.3 Å². The van der Waals surface area contributed by atoms with Gasteiger partial charge in [-0.05, 0) is 36.2 Å². The second kappa shape index (κ2) is 11.7. The Hall–Kier alpha value is -4.58. The van der Waals surface area contributed by atoms with Gasteiger partial charge in [0.1, 0.15) is 12.2 Å². The van der Waals surface area contributed by atoms with Crippen molar-refractivity contribution in [1.29, 1.82) is 5.26 Å². The smallest absolute Gasteiger partial charge is 0.252 e. The monoisotopic (exact) mass is 483 g/mol. The van der Waals surface area contributed by atoms with Crippen LogP contribution in [0.15, 0.2) is 66.9 Å². The third-order valence-electron chi connectivity index (χ3n) is 6.08. The summed E-state index contributed by atoms with van der Waals surface area (Å²) in [6.07, 6.45) is 2.26. The number of nitriles is 1. The van der Waals surface area contributed by atoms with Crippen molar-refractivity contribution in [2.75, 3.05) is 41.7 Å². The fraction of sp³-hybridized carbons (Fsp3) is 0.259. The van der Waals surface area contributed by atoms with Crippen LogP contribution in [-0.4, -0.2) is 47.9 Å². The maximum atomic E-state index is 12.0. The molecule has 0 saturated carbocycles. The van der Waals surface area contributed by atoms with Crippen LogP contribution < -0.4 is 21.3 Å². The average Bonchev–Trinajstić information content (AvgIpc) is 3.15. The number of benzene rings is 2. The Morgan fingerprint density at radius 1 is 1.03 bits per heavy atom. The number of anilines is 4. The number of carbonyl (C=O) groups excluding carboxylic acids is 2. The minimum atomic E-state index is -0.542. The van der Waals surface area contributed by atoms with Crippen molar-refractivity contribution in [3.63, 3.8) is 0 Å². The van der Waals surface area contributed by atoms with Crippen LogP contribution in [0.25, 0.3) is 0 Å². The van der Waals surface area contributed by atoms with Crippen LogP contribution in [0, 0.1) is 11.3 Å². The normalized spacial score (nSPS) is 13.4. The van der Waals surface area contributed by atoms with Gasteiger partial charge in [-0.1, -0.05) is 30.3 Å². The van der Waals surface area contributed by atoms with E-state index in [1.807, 2.05) is 60.7 Å². The van der Waals surface area contributed by atoms with Crippen LogP contribution >= 0.6 is 0 Å². The maximum Gasteiger partial charge on any atom is 0.252 e. The molecule has 2 aromatic carbocycles. The molecule has 0 aliphatic carbocycles. The molecule has 2 heterocycles. The molecule has 4 rings (SSSR count). The molecule has 1 aliphatic heterocycles. The summed E-state index contributed by atoms with van der Waals surface area (Å²) in [5, 5.41) is 15.3. The van der Waals surface area contributed by atoms with Gasteiger partial charge in [0.05, 0.1) is 17.3 Å². The van der Waals surface area contributed by atoms with E-state index in [1.165, 1.54) is 6.20 Å². The van der Waals surface area contributed by atoms with Gasteiger partial charge in [0.2, 0.25) is 5.91 Å². The number of primary amides is 1. The summed E-state index contributed by atoms with van der Waals surface area (Å²) in [5.74, 6) is -0.0598. The molecule has 1 saturated heterocycles. The van der Waals surface area contributed by atoms with Gasteiger partial charge in [-0.25, -0.2) is 4.98 Å². The highest BCUT2D eigenvalue weighted by atomic mass is 16.2. The summed E-state index contributed by atoms with van der Waals surface area (Å²) < 4.78 is 0. The van der Waals surface area contributed by atoms with Crippen molar-refractivity contribution in [3.8, 4) is 6.07 Å². The lowest BCUT2D eigenvalue weighted by Crippen LogP contribution is -2.34. The van der Waals surface area contributed by atoms with E-state index in [0.717, 1.165) is 36.4 Å². The number of rotatable bonds is 8. The highest BCUT2D eigenvalue weighted by Gasteiger charge is 2.19. The van der Waals surface area contributed by atoms with E-state index in [9.17, 15) is 9.59 Å². The fourth-order valence-electron chi connectivity index (χ4n) is 4.17. The number of hydrogen-bond donors (Lipinski definition) is 3. The second-order valence-corrected chi connectivity index (χ2v) is 8.55. The zero-order valence-corrected chi connectivity index (χ0v) is 20.0. The third kappa shape index (κ3) is 6.30. The topological polar surface area (TPSA) is 127 Å². The summed E-state index contributed by atoms with van der Waals surface area (Å²) in [6, 6.07) is 21.6. The number of aromatic nitrogens is 1. The summed E-state index contributed by atoms with van der Waals surface area (Å²) in [5.41, 5.74) is 9.49. The van der Waals surface area contributed by atoms with Crippen LogP contribution in [-0.2, 0) is 11.3 Å². The lowest BCUT2D eigenvalue weighted by molar-refractivity contribution is -0.129. The first-order valence-electron chi connectivity index (χ1n) is 11.9. The van der Waals surface area contributed by atoms with Crippen molar-refractivity contribution >= 4 is 34.7 Å². The van der Waals surface area contributed by atoms with Gasteiger partial charge in [0, 0.05) is 56.4 Å². The number of pyridine rings is 1. The molecule has 36 heavy (non-hydrogen) atoms. The first kappa shape index (κ1) is 24.5. The van der Waals surface area contributed by atoms with Gasteiger partial charge < -0.3 is 26.2 Å². The highest BCUT2D eigenvalue weighted by Crippen LogP contribution is 2.25. The number of carbonyl (C=O) groups is 2.